The zero-order valence-electron chi connectivity index (χ0n) is 11.5. The lowest BCUT2D eigenvalue weighted by molar-refractivity contribution is -0.125. The van der Waals surface area contributed by atoms with Crippen molar-refractivity contribution in [3.05, 3.63) is 11.6 Å². The Hall–Kier alpha value is -1.16. The van der Waals surface area contributed by atoms with Crippen LogP contribution in [0.1, 0.15) is 33.6 Å². The number of nitrogens with zero attached hydrogens (tertiary/aromatic N) is 1. The lowest BCUT2D eigenvalue weighted by Gasteiger charge is -2.03. The summed E-state index contributed by atoms with van der Waals surface area (Å²) in [7, 11) is 4.17. The van der Waals surface area contributed by atoms with E-state index in [0.29, 0.717) is 6.42 Å². The Morgan fingerprint density at radius 1 is 1.41 bits per heavy atom. The van der Waals surface area contributed by atoms with Gasteiger partial charge in [-0.1, -0.05) is 18.6 Å². The number of hydrogen-bond acceptors (Lipinski definition) is 3. The first kappa shape index (κ1) is 15.8. The molecule has 1 unspecified atom stereocenters. The molecule has 4 heteroatoms. The van der Waals surface area contributed by atoms with Crippen LogP contribution in [0.4, 0.5) is 0 Å². The van der Waals surface area contributed by atoms with Crippen molar-refractivity contribution < 1.29 is 9.59 Å². The summed E-state index contributed by atoms with van der Waals surface area (Å²) in [5.41, 5.74) is 1.07. The number of hydrogen-bond donors (Lipinski definition) is 1. The number of allylic oxidation sites excluding steroid dienone is 1. The highest BCUT2D eigenvalue weighted by Crippen LogP contribution is 2.13. The summed E-state index contributed by atoms with van der Waals surface area (Å²) in [4.78, 5) is 23.8. The minimum atomic E-state index is -0.229. The van der Waals surface area contributed by atoms with Crippen LogP contribution < -0.4 is 5.32 Å². The molecule has 0 saturated carbocycles. The molecule has 1 aliphatic rings. The van der Waals surface area contributed by atoms with E-state index in [1.807, 2.05) is 19.9 Å². The van der Waals surface area contributed by atoms with Crippen molar-refractivity contribution in [3.63, 3.8) is 0 Å². The normalized spacial score (nSPS) is 18.6. The number of amides is 2. The fraction of sp³-hybridized carbons (Fsp3) is 0.692. The average Bonchev–Trinajstić information content (AvgIpc) is 2.44. The van der Waals surface area contributed by atoms with Crippen LogP contribution in [0.5, 0.6) is 0 Å². The lowest BCUT2D eigenvalue weighted by Crippen LogP contribution is -2.21. The Kier molecular flexibility index (Phi) is 7.46. The van der Waals surface area contributed by atoms with Gasteiger partial charge in [-0.05, 0) is 40.9 Å². The summed E-state index contributed by atoms with van der Waals surface area (Å²) in [6.07, 6.45) is 3.39. The van der Waals surface area contributed by atoms with Crippen molar-refractivity contribution in [2.75, 3.05) is 20.6 Å². The molecule has 1 fully saturated rings. The molecule has 0 spiro atoms. The van der Waals surface area contributed by atoms with E-state index in [0.717, 1.165) is 5.57 Å². The summed E-state index contributed by atoms with van der Waals surface area (Å²) >= 11 is 0. The average molecular weight is 240 g/mol. The molecule has 0 radical (unpaired) electrons. The third-order valence-electron chi connectivity index (χ3n) is 2.21. The van der Waals surface area contributed by atoms with Crippen molar-refractivity contribution in [1.82, 2.24) is 10.2 Å². The molecule has 0 aromatic rings. The highest BCUT2D eigenvalue weighted by atomic mass is 16.2. The van der Waals surface area contributed by atoms with Gasteiger partial charge < -0.3 is 4.90 Å². The molecule has 1 saturated heterocycles. The third-order valence-corrected chi connectivity index (χ3v) is 2.21. The van der Waals surface area contributed by atoms with Gasteiger partial charge in [-0.15, -0.1) is 0 Å². The molecule has 1 rings (SSSR count). The molecule has 0 aliphatic carbocycles. The van der Waals surface area contributed by atoms with Crippen molar-refractivity contribution in [3.8, 4) is 0 Å². The predicted molar refractivity (Wildman–Crippen MR) is 69.5 cm³/mol. The second kappa shape index (κ2) is 8.01. The van der Waals surface area contributed by atoms with Gasteiger partial charge in [0.25, 0.3) is 0 Å². The van der Waals surface area contributed by atoms with Crippen LogP contribution in [0.15, 0.2) is 11.6 Å². The molecule has 1 atom stereocenters. The Balaban J connectivity index is 0.000000366. The standard InChI is InChI=1S/C8H11NO2.C5H13N/c1-5(2)3-6-4-7(10)9-8(6)11;1-4-5-6(2)3/h3,6H,4H2,1-2H3,(H,9,10,11);4-5H2,1-3H3. The quantitative estimate of drug-likeness (QED) is 0.602. The van der Waals surface area contributed by atoms with Crippen LogP contribution in [-0.4, -0.2) is 37.4 Å². The van der Waals surface area contributed by atoms with Gasteiger partial charge in [0.1, 0.15) is 0 Å². The van der Waals surface area contributed by atoms with E-state index in [4.69, 9.17) is 0 Å². The molecule has 98 valence electrons. The van der Waals surface area contributed by atoms with Crippen LogP contribution in [0, 0.1) is 5.92 Å². The molecule has 0 aromatic carbocycles. The maximum absolute atomic E-state index is 10.9. The molecule has 0 bridgehead atoms. The van der Waals surface area contributed by atoms with Gasteiger partial charge >= 0.3 is 0 Å². The van der Waals surface area contributed by atoms with Crippen LogP contribution in [-0.2, 0) is 9.59 Å². The Morgan fingerprint density at radius 2 is 2.00 bits per heavy atom. The molecule has 4 nitrogen and oxygen atoms in total. The Labute approximate surface area is 104 Å². The molecule has 0 aromatic heterocycles. The molecular formula is C13H24N2O2. The van der Waals surface area contributed by atoms with E-state index >= 15 is 0 Å². The predicted octanol–water partition coefficient (Wildman–Crippen LogP) is 1.57. The first-order chi connectivity index (χ1) is 7.86. The van der Waals surface area contributed by atoms with E-state index in [1.165, 1.54) is 13.0 Å². The second-order valence-corrected chi connectivity index (χ2v) is 4.77. The van der Waals surface area contributed by atoms with Crippen LogP contribution in [0.3, 0.4) is 0 Å². The van der Waals surface area contributed by atoms with Crippen molar-refractivity contribution >= 4 is 11.8 Å². The molecule has 1 aliphatic heterocycles. The highest BCUT2D eigenvalue weighted by molar-refractivity contribution is 6.04. The van der Waals surface area contributed by atoms with Gasteiger partial charge in [-0.25, -0.2) is 0 Å². The third kappa shape index (κ3) is 7.69. The number of nitrogens with one attached hydrogen (secondary N) is 1. The summed E-state index contributed by atoms with van der Waals surface area (Å²) in [5.74, 6) is -0.568. The van der Waals surface area contributed by atoms with Gasteiger partial charge in [-0.3, -0.25) is 14.9 Å². The summed E-state index contributed by atoms with van der Waals surface area (Å²) in [6.45, 7) is 7.21. The Bertz CT molecular complexity index is 292. The molecular weight excluding hydrogens is 216 g/mol. The van der Waals surface area contributed by atoms with E-state index in [2.05, 4.69) is 31.2 Å². The van der Waals surface area contributed by atoms with Crippen LogP contribution in [0.25, 0.3) is 0 Å². The largest absolute Gasteiger partial charge is 0.309 e. The van der Waals surface area contributed by atoms with Gasteiger partial charge in [0.2, 0.25) is 11.8 Å². The SMILES string of the molecule is CC(C)=CC1CC(=O)NC1=O.CCCN(C)C. The lowest BCUT2D eigenvalue weighted by atomic mass is 10.1. The maximum atomic E-state index is 10.9. The molecule has 1 heterocycles. The highest BCUT2D eigenvalue weighted by Gasteiger charge is 2.28. The van der Waals surface area contributed by atoms with Crippen molar-refractivity contribution in [2.24, 2.45) is 5.92 Å². The van der Waals surface area contributed by atoms with Crippen molar-refractivity contribution in [1.29, 1.82) is 0 Å². The zero-order chi connectivity index (χ0) is 13.4. The number of carbonyl (C=O) groups excluding carboxylic acids is 2. The van der Waals surface area contributed by atoms with Gasteiger partial charge in [0, 0.05) is 6.42 Å². The van der Waals surface area contributed by atoms with Crippen LogP contribution in [0.2, 0.25) is 0 Å². The van der Waals surface area contributed by atoms with E-state index in [1.54, 1.807) is 0 Å². The van der Waals surface area contributed by atoms with E-state index in [9.17, 15) is 9.59 Å². The van der Waals surface area contributed by atoms with Crippen molar-refractivity contribution in [2.45, 2.75) is 33.6 Å². The molecule has 2 amide bonds. The smallest absolute Gasteiger partial charge is 0.234 e. The fourth-order valence-electron chi connectivity index (χ4n) is 1.56. The molecule has 1 N–H and O–H groups in total. The Morgan fingerprint density at radius 3 is 2.24 bits per heavy atom. The number of rotatable bonds is 3. The topological polar surface area (TPSA) is 49.4 Å². The minimum Gasteiger partial charge on any atom is -0.309 e. The zero-order valence-corrected chi connectivity index (χ0v) is 11.5. The number of carbonyl (C=O) groups is 2. The number of imide groups is 1. The van der Waals surface area contributed by atoms with Gasteiger partial charge in [0.05, 0.1) is 5.92 Å². The second-order valence-electron chi connectivity index (χ2n) is 4.77. The van der Waals surface area contributed by atoms with E-state index < -0.39 is 0 Å². The maximum Gasteiger partial charge on any atom is 0.234 e. The first-order valence-electron chi connectivity index (χ1n) is 6.00. The monoisotopic (exact) mass is 240 g/mol. The first-order valence-corrected chi connectivity index (χ1v) is 6.00. The van der Waals surface area contributed by atoms with Gasteiger partial charge in [-0.2, -0.15) is 0 Å². The molecule has 17 heavy (non-hydrogen) atoms. The summed E-state index contributed by atoms with van der Waals surface area (Å²) in [6, 6.07) is 0. The van der Waals surface area contributed by atoms with Gasteiger partial charge in [0.15, 0.2) is 0 Å². The summed E-state index contributed by atoms with van der Waals surface area (Å²) < 4.78 is 0. The van der Waals surface area contributed by atoms with E-state index in [-0.39, 0.29) is 17.7 Å². The fourth-order valence-corrected chi connectivity index (χ4v) is 1.56. The van der Waals surface area contributed by atoms with Crippen LogP contribution >= 0.6 is 0 Å². The minimum absolute atomic E-state index is 0.169. The summed E-state index contributed by atoms with van der Waals surface area (Å²) in [5, 5.41) is 2.25.